The minimum atomic E-state index is -2.39. The number of benzene rings is 2. The van der Waals surface area contributed by atoms with Crippen LogP contribution in [0.3, 0.4) is 0 Å². The van der Waals surface area contributed by atoms with Crippen LogP contribution < -0.4 is 0 Å². The third-order valence-electron chi connectivity index (χ3n) is 5.61. The molecule has 0 aliphatic heterocycles. The number of carbonyl (C=O) groups excluding carboxylic acids is 5. The maximum Gasteiger partial charge on any atom is 0.332 e. The summed E-state index contributed by atoms with van der Waals surface area (Å²) in [6.07, 6.45) is 0. The molecule has 0 radical (unpaired) electrons. The molecule has 0 saturated heterocycles. The zero-order chi connectivity index (χ0) is 21.8. The molecule has 0 heterocycles. The van der Waals surface area contributed by atoms with Crippen LogP contribution in [-0.4, -0.2) is 43.5 Å². The van der Waals surface area contributed by atoms with Crippen LogP contribution in [-0.2, 0) is 24.5 Å². The maximum atomic E-state index is 13.5. The van der Waals surface area contributed by atoms with E-state index in [0.717, 1.165) is 14.2 Å². The van der Waals surface area contributed by atoms with Crippen LogP contribution in [0, 0.1) is 6.92 Å². The van der Waals surface area contributed by atoms with Gasteiger partial charge in [0.05, 0.1) is 19.8 Å². The molecule has 0 bridgehead atoms. The fourth-order valence-corrected chi connectivity index (χ4v) is 4.30. The van der Waals surface area contributed by atoms with Gasteiger partial charge >= 0.3 is 11.9 Å². The molecule has 150 valence electrons. The van der Waals surface area contributed by atoms with Crippen molar-refractivity contribution in [2.45, 2.75) is 12.3 Å². The lowest BCUT2D eigenvalue weighted by Crippen LogP contribution is -2.54. The first kappa shape index (κ1) is 19.4. The van der Waals surface area contributed by atoms with Gasteiger partial charge in [-0.15, -0.1) is 0 Å². The molecular formula is C23H16O7. The van der Waals surface area contributed by atoms with Crippen LogP contribution in [0.15, 0.2) is 53.6 Å². The van der Waals surface area contributed by atoms with Crippen molar-refractivity contribution in [1.29, 1.82) is 0 Å². The molecule has 0 amide bonds. The van der Waals surface area contributed by atoms with Crippen molar-refractivity contribution in [1.82, 2.24) is 0 Å². The van der Waals surface area contributed by atoms with Crippen molar-refractivity contribution in [3.8, 4) is 0 Å². The zero-order valence-electron chi connectivity index (χ0n) is 16.4. The molecule has 0 N–H and O–H groups in total. The highest BCUT2D eigenvalue weighted by molar-refractivity contribution is 6.44. The van der Waals surface area contributed by atoms with Crippen molar-refractivity contribution < 1.29 is 33.4 Å². The SMILES string of the molecule is COC(=O)C1(C(=O)OC)C2=C(C(=O)c3ccccc3C2=O)C(=O)c2c(C)cccc21. The summed E-state index contributed by atoms with van der Waals surface area (Å²) in [4.78, 5) is 66.5. The Kier molecular flexibility index (Phi) is 4.27. The number of methoxy groups -OCH3 is 2. The predicted octanol–water partition coefficient (Wildman–Crippen LogP) is 2.15. The first-order valence-corrected chi connectivity index (χ1v) is 9.07. The van der Waals surface area contributed by atoms with E-state index >= 15 is 0 Å². The standard InChI is InChI=1S/C23H16O7/c1-11-7-6-10-14-15(11)20(26)16-17(23(14,21(27)29-2)22(28)30-3)19(25)13-9-5-4-8-12(13)18(16)24/h4-10H,1-3H3. The predicted molar refractivity (Wildman–Crippen MR) is 103 cm³/mol. The summed E-state index contributed by atoms with van der Waals surface area (Å²) in [5.74, 6) is -4.43. The molecule has 7 heteroatoms. The second-order valence-corrected chi connectivity index (χ2v) is 7.01. The van der Waals surface area contributed by atoms with Crippen LogP contribution in [0.4, 0.5) is 0 Å². The monoisotopic (exact) mass is 404 g/mol. The molecule has 0 atom stereocenters. The van der Waals surface area contributed by atoms with Gasteiger partial charge in [0.15, 0.2) is 17.3 Å². The van der Waals surface area contributed by atoms with E-state index < -0.39 is 45.8 Å². The van der Waals surface area contributed by atoms with Crippen LogP contribution in [0.25, 0.3) is 0 Å². The summed E-state index contributed by atoms with van der Waals surface area (Å²) in [6.45, 7) is 1.62. The van der Waals surface area contributed by atoms with Gasteiger partial charge in [-0.1, -0.05) is 42.5 Å². The summed E-state index contributed by atoms with van der Waals surface area (Å²) in [5.41, 5.74) is -2.96. The third kappa shape index (κ3) is 2.17. The highest BCUT2D eigenvalue weighted by atomic mass is 16.5. The molecule has 0 spiro atoms. The molecular weight excluding hydrogens is 388 g/mol. The summed E-state index contributed by atoms with van der Waals surface area (Å²) < 4.78 is 9.84. The molecule has 7 nitrogen and oxygen atoms in total. The van der Waals surface area contributed by atoms with E-state index in [0.29, 0.717) is 5.56 Å². The minimum Gasteiger partial charge on any atom is -0.468 e. The first-order valence-electron chi connectivity index (χ1n) is 9.07. The number of fused-ring (bicyclic) bond motifs is 2. The van der Waals surface area contributed by atoms with Gasteiger partial charge in [-0.05, 0) is 18.1 Å². The van der Waals surface area contributed by atoms with Crippen molar-refractivity contribution in [2.75, 3.05) is 14.2 Å². The largest absolute Gasteiger partial charge is 0.468 e. The van der Waals surface area contributed by atoms with Crippen molar-refractivity contribution in [3.63, 3.8) is 0 Å². The molecule has 0 fully saturated rings. The molecule has 2 aliphatic rings. The number of allylic oxidation sites excluding steroid dienone is 1. The molecule has 0 aromatic heterocycles. The Bertz CT molecular complexity index is 1200. The highest BCUT2D eigenvalue weighted by Crippen LogP contribution is 2.48. The highest BCUT2D eigenvalue weighted by Gasteiger charge is 2.63. The molecule has 2 aliphatic carbocycles. The number of hydrogen-bond donors (Lipinski definition) is 0. The molecule has 0 unspecified atom stereocenters. The number of Topliss-reactive ketones (excluding diaryl/α,β-unsaturated/α-hetero) is 3. The maximum absolute atomic E-state index is 13.5. The molecule has 2 aromatic carbocycles. The van der Waals surface area contributed by atoms with E-state index in [-0.39, 0.29) is 22.3 Å². The fourth-order valence-electron chi connectivity index (χ4n) is 4.30. The number of carbonyl (C=O) groups is 5. The van der Waals surface area contributed by atoms with Crippen molar-refractivity contribution >= 4 is 29.3 Å². The van der Waals surface area contributed by atoms with Crippen LogP contribution in [0.1, 0.15) is 42.2 Å². The molecule has 30 heavy (non-hydrogen) atoms. The van der Waals surface area contributed by atoms with Gasteiger partial charge in [-0.3, -0.25) is 24.0 Å². The van der Waals surface area contributed by atoms with Gasteiger partial charge in [0.25, 0.3) is 0 Å². The average Bonchev–Trinajstić information content (AvgIpc) is 2.76. The third-order valence-corrected chi connectivity index (χ3v) is 5.61. The van der Waals surface area contributed by atoms with Gasteiger partial charge in [0, 0.05) is 22.3 Å². The summed E-state index contributed by atoms with van der Waals surface area (Å²) in [7, 11) is 2.12. The number of hydrogen-bond acceptors (Lipinski definition) is 7. The Morgan fingerprint density at radius 2 is 1.33 bits per heavy atom. The number of rotatable bonds is 2. The van der Waals surface area contributed by atoms with Crippen molar-refractivity contribution in [2.24, 2.45) is 0 Å². The second-order valence-electron chi connectivity index (χ2n) is 7.01. The van der Waals surface area contributed by atoms with Crippen LogP contribution >= 0.6 is 0 Å². The summed E-state index contributed by atoms with van der Waals surface area (Å²) in [6, 6.07) is 10.5. The summed E-state index contributed by atoms with van der Waals surface area (Å²) >= 11 is 0. The molecule has 2 aromatic rings. The number of esters is 2. The van der Waals surface area contributed by atoms with Crippen LogP contribution in [0.2, 0.25) is 0 Å². The molecule has 0 saturated carbocycles. The van der Waals surface area contributed by atoms with Gasteiger partial charge in [0.1, 0.15) is 0 Å². The topological polar surface area (TPSA) is 104 Å². The first-order chi connectivity index (χ1) is 14.3. The van der Waals surface area contributed by atoms with Gasteiger partial charge in [-0.25, -0.2) is 0 Å². The zero-order valence-corrected chi connectivity index (χ0v) is 16.4. The van der Waals surface area contributed by atoms with E-state index in [9.17, 15) is 24.0 Å². The smallest absolute Gasteiger partial charge is 0.332 e. The number of ketones is 3. The Labute approximate surface area is 171 Å². The average molecular weight is 404 g/mol. The Balaban J connectivity index is 2.23. The van der Waals surface area contributed by atoms with E-state index in [1.165, 1.54) is 18.2 Å². The minimum absolute atomic E-state index is 0.00216. The number of ether oxygens (including phenoxy) is 2. The Morgan fingerprint density at radius 1 is 0.767 bits per heavy atom. The van der Waals surface area contributed by atoms with Gasteiger partial charge in [0.2, 0.25) is 5.41 Å². The van der Waals surface area contributed by atoms with E-state index in [4.69, 9.17) is 9.47 Å². The second kappa shape index (κ2) is 6.59. The lowest BCUT2D eigenvalue weighted by Gasteiger charge is -2.38. The Morgan fingerprint density at radius 3 is 1.90 bits per heavy atom. The lowest BCUT2D eigenvalue weighted by molar-refractivity contribution is -0.159. The van der Waals surface area contributed by atoms with E-state index in [1.54, 1.807) is 31.2 Å². The quantitative estimate of drug-likeness (QED) is 0.429. The number of aryl methyl sites for hydroxylation is 1. The summed E-state index contributed by atoms with van der Waals surface area (Å²) in [5, 5.41) is 0. The van der Waals surface area contributed by atoms with E-state index in [2.05, 4.69) is 0 Å². The Hall–Kier alpha value is -3.87. The normalized spacial score (nSPS) is 16.4. The van der Waals surface area contributed by atoms with Crippen LogP contribution in [0.5, 0.6) is 0 Å². The van der Waals surface area contributed by atoms with E-state index in [1.807, 2.05) is 0 Å². The molecule has 4 rings (SSSR count). The van der Waals surface area contributed by atoms with Gasteiger partial charge < -0.3 is 9.47 Å². The van der Waals surface area contributed by atoms with Gasteiger partial charge in [-0.2, -0.15) is 0 Å². The fraction of sp³-hybridized carbons (Fsp3) is 0.174. The lowest BCUT2D eigenvalue weighted by atomic mass is 9.60. The van der Waals surface area contributed by atoms with Crippen molar-refractivity contribution in [3.05, 3.63) is 81.4 Å².